The van der Waals surface area contributed by atoms with Crippen LogP contribution in [0.15, 0.2) is 109 Å². The standard InChI is InChI=1S/C48H46O12/c1-3-5-31-7-11-33(12-8-31)45(49)57-41-27-44(60-48(52)36-17-21-38(22-18-36)54-26-24-40-30-56-40)42(58-46(50)34-13-9-32(6-4-2)10-14-34)28-43(41)59-47(51)35-15-19-37(20-16-35)53-25-23-39-29-55-39/h7-22,27-28,39-40H,3-6,23-26,29-30H2,1-2H3. The highest BCUT2D eigenvalue weighted by Gasteiger charge is 2.26. The average molecular weight is 815 g/mol. The van der Waals surface area contributed by atoms with Gasteiger partial charge in [0.05, 0.1) is 60.9 Å². The van der Waals surface area contributed by atoms with Crippen LogP contribution < -0.4 is 28.4 Å². The molecule has 0 bridgehead atoms. The van der Waals surface area contributed by atoms with E-state index in [0.717, 1.165) is 62.9 Å². The Balaban J connectivity index is 1.18. The maximum Gasteiger partial charge on any atom is 0.343 e. The lowest BCUT2D eigenvalue weighted by molar-refractivity contribution is 0.0662. The van der Waals surface area contributed by atoms with Gasteiger partial charge in [0.25, 0.3) is 0 Å². The Hall–Kier alpha value is -6.50. The highest BCUT2D eigenvalue weighted by Crippen LogP contribution is 2.41. The van der Waals surface area contributed by atoms with Gasteiger partial charge in [0.2, 0.25) is 0 Å². The number of aryl methyl sites for hydroxylation is 2. The molecular formula is C48H46O12. The van der Waals surface area contributed by atoms with Crippen molar-refractivity contribution >= 4 is 23.9 Å². The molecule has 0 amide bonds. The molecule has 7 rings (SSSR count). The van der Waals surface area contributed by atoms with Crippen LogP contribution in [0.3, 0.4) is 0 Å². The Labute approximate surface area is 348 Å². The van der Waals surface area contributed by atoms with Gasteiger partial charge in [-0.2, -0.15) is 0 Å². The molecule has 2 unspecified atom stereocenters. The molecule has 0 spiro atoms. The Kier molecular flexibility index (Phi) is 13.9. The van der Waals surface area contributed by atoms with Crippen molar-refractivity contribution in [2.75, 3.05) is 26.4 Å². The molecule has 2 saturated heterocycles. The average Bonchev–Trinajstić information content (AvgIpc) is 4.21. The molecule has 5 aromatic carbocycles. The summed E-state index contributed by atoms with van der Waals surface area (Å²) in [4.78, 5) is 54.4. The molecule has 0 saturated carbocycles. The van der Waals surface area contributed by atoms with E-state index in [-0.39, 0.29) is 57.5 Å². The molecule has 2 atom stereocenters. The largest absolute Gasteiger partial charge is 0.493 e. The fraction of sp³-hybridized carbons (Fsp3) is 0.292. The van der Waals surface area contributed by atoms with Crippen molar-refractivity contribution in [2.45, 2.75) is 64.6 Å². The number of carbonyl (C=O) groups excluding carboxylic acids is 4. The lowest BCUT2D eigenvalue weighted by Crippen LogP contribution is -2.16. The normalized spacial score (nSPS) is 15.0. The van der Waals surface area contributed by atoms with E-state index in [1.54, 1.807) is 48.5 Å². The number of hydrogen-bond donors (Lipinski definition) is 0. The smallest absolute Gasteiger partial charge is 0.343 e. The summed E-state index contributed by atoms with van der Waals surface area (Å²) in [5.74, 6) is -3.16. The van der Waals surface area contributed by atoms with Crippen molar-refractivity contribution < 1.29 is 57.1 Å². The summed E-state index contributed by atoms with van der Waals surface area (Å²) >= 11 is 0. The Morgan fingerprint density at radius 1 is 0.467 bits per heavy atom. The number of ether oxygens (including phenoxy) is 8. The second-order valence-electron chi connectivity index (χ2n) is 14.4. The van der Waals surface area contributed by atoms with Crippen LogP contribution in [0, 0.1) is 0 Å². The van der Waals surface area contributed by atoms with Gasteiger partial charge in [-0.3, -0.25) is 0 Å². The van der Waals surface area contributed by atoms with Gasteiger partial charge in [-0.05, 0) is 96.8 Å². The van der Waals surface area contributed by atoms with Gasteiger partial charge in [-0.1, -0.05) is 51.0 Å². The number of epoxide rings is 2. The van der Waals surface area contributed by atoms with E-state index in [0.29, 0.717) is 24.7 Å². The molecule has 2 aliphatic heterocycles. The number of benzene rings is 5. The van der Waals surface area contributed by atoms with Crippen LogP contribution in [0.25, 0.3) is 0 Å². The van der Waals surface area contributed by atoms with Gasteiger partial charge in [-0.25, -0.2) is 19.2 Å². The third kappa shape index (κ3) is 11.8. The van der Waals surface area contributed by atoms with E-state index >= 15 is 0 Å². The van der Waals surface area contributed by atoms with Crippen LogP contribution in [0.2, 0.25) is 0 Å². The summed E-state index contributed by atoms with van der Waals surface area (Å²) < 4.78 is 45.3. The van der Waals surface area contributed by atoms with Gasteiger partial charge in [-0.15, -0.1) is 0 Å². The predicted molar refractivity (Wildman–Crippen MR) is 220 cm³/mol. The lowest BCUT2D eigenvalue weighted by atomic mass is 10.1. The summed E-state index contributed by atoms with van der Waals surface area (Å²) in [6.45, 7) is 6.50. The van der Waals surface area contributed by atoms with Crippen molar-refractivity contribution in [1.29, 1.82) is 0 Å². The molecule has 0 N–H and O–H groups in total. The summed E-state index contributed by atoms with van der Waals surface area (Å²) in [6, 6.07) is 28.9. The maximum atomic E-state index is 13.6. The number of hydrogen-bond acceptors (Lipinski definition) is 12. The molecule has 2 heterocycles. The van der Waals surface area contributed by atoms with Gasteiger partial charge in [0.1, 0.15) is 11.5 Å². The van der Waals surface area contributed by atoms with Crippen LogP contribution in [-0.2, 0) is 22.3 Å². The van der Waals surface area contributed by atoms with Crippen molar-refractivity contribution in [3.05, 3.63) is 143 Å². The van der Waals surface area contributed by atoms with E-state index < -0.39 is 23.9 Å². The first-order chi connectivity index (χ1) is 29.2. The minimum Gasteiger partial charge on any atom is -0.493 e. The van der Waals surface area contributed by atoms with Crippen LogP contribution in [0.1, 0.15) is 92.1 Å². The second kappa shape index (κ2) is 20.0. The molecule has 0 aliphatic carbocycles. The number of carbonyl (C=O) groups is 4. The van der Waals surface area contributed by atoms with E-state index in [4.69, 9.17) is 37.9 Å². The third-order valence-corrected chi connectivity index (χ3v) is 9.68. The molecule has 0 radical (unpaired) electrons. The van der Waals surface area contributed by atoms with Crippen molar-refractivity contribution in [1.82, 2.24) is 0 Å². The highest BCUT2D eigenvalue weighted by atomic mass is 16.6. The van der Waals surface area contributed by atoms with Crippen LogP contribution in [0.5, 0.6) is 34.5 Å². The number of rotatable bonds is 20. The fourth-order valence-electron chi connectivity index (χ4n) is 6.13. The van der Waals surface area contributed by atoms with Crippen LogP contribution in [-0.4, -0.2) is 62.5 Å². The van der Waals surface area contributed by atoms with Gasteiger partial charge < -0.3 is 37.9 Å². The molecule has 12 nitrogen and oxygen atoms in total. The monoisotopic (exact) mass is 814 g/mol. The lowest BCUT2D eigenvalue weighted by Gasteiger charge is -2.16. The molecule has 5 aromatic rings. The minimum absolute atomic E-state index is 0.159. The van der Waals surface area contributed by atoms with Crippen LogP contribution >= 0.6 is 0 Å². The second-order valence-corrected chi connectivity index (χ2v) is 14.4. The van der Waals surface area contributed by atoms with Crippen molar-refractivity contribution in [2.24, 2.45) is 0 Å². The molecule has 0 aromatic heterocycles. The van der Waals surface area contributed by atoms with Gasteiger partial charge >= 0.3 is 23.9 Å². The predicted octanol–water partition coefficient (Wildman–Crippen LogP) is 8.80. The summed E-state index contributed by atoms with van der Waals surface area (Å²) in [7, 11) is 0. The zero-order valence-corrected chi connectivity index (χ0v) is 33.5. The SMILES string of the molecule is CCCc1ccc(C(=O)Oc2cc(OC(=O)c3ccc(OCCC4CO4)cc3)c(OC(=O)c3ccc(CCC)cc3)cc2OC(=O)c2ccc(OCCC3CO3)cc2)cc1. The molecule has 60 heavy (non-hydrogen) atoms. The van der Waals surface area contributed by atoms with Crippen molar-refractivity contribution in [3.8, 4) is 34.5 Å². The quantitative estimate of drug-likeness (QED) is 0.0420. The molecular weight excluding hydrogens is 769 g/mol. The zero-order valence-electron chi connectivity index (χ0n) is 33.5. The summed E-state index contributed by atoms with van der Waals surface area (Å²) in [5.41, 5.74) is 2.86. The van der Waals surface area contributed by atoms with Gasteiger partial charge in [0, 0.05) is 25.0 Å². The molecule has 2 aliphatic rings. The van der Waals surface area contributed by atoms with Gasteiger partial charge in [0.15, 0.2) is 23.0 Å². The van der Waals surface area contributed by atoms with E-state index in [1.165, 1.54) is 36.4 Å². The van der Waals surface area contributed by atoms with Crippen LogP contribution in [0.4, 0.5) is 0 Å². The molecule has 310 valence electrons. The van der Waals surface area contributed by atoms with E-state index in [1.807, 2.05) is 24.3 Å². The Morgan fingerprint density at radius 3 is 1.02 bits per heavy atom. The van der Waals surface area contributed by atoms with E-state index in [9.17, 15) is 19.2 Å². The molecule has 12 heteroatoms. The highest BCUT2D eigenvalue weighted by molar-refractivity contribution is 5.96. The topological polar surface area (TPSA) is 149 Å². The first-order valence-electron chi connectivity index (χ1n) is 20.2. The summed E-state index contributed by atoms with van der Waals surface area (Å²) in [5, 5.41) is 0. The number of esters is 4. The minimum atomic E-state index is -0.811. The van der Waals surface area contributed by atoms with Crippen molar-refractivity contribution in [3.63, 3.8) is 0 Å². The zero-order chi connectivity index (χ0) is 41.8. The maximum absolute atomic E-state index is 13.6. The Bertz CT molecular complexity index is 2090. The fourth-order valence-corrected chi connectivity index (χ4v) is 6.13. The third-order valence-electron chi connectivity index (χ3n) is 9.68. The molecule has 2 fully saturated rings. The summed E-state index contributed by atoms with van der Waals surface area (Å²) in [6.07, 6.45) is 5.49. The first kappa shape index (κ1) is 41.7. The first-order valence-corrected chi connectivity index (χ1v) is 20.2. The Morgan fingerprint density at radius 2 is 0.750 bits per heavy atom. The van der Waals surface area contributed by atoms with E-state index in [2.05, 4.69) is 13.8 Å².